The van der Waals surface area contributed by atoms with Gasteiger partial charge in [0.15, 0.2) is 5.78 Å². The van der Waals surface area contributed by atoms with Crippen molar-refractivity contribution in [1.29, 1.82) is 0 Å². The van der Waals surface area contributed by atoms with Gasteiger partial charge in [0.25, 0.3) is 0 Å². The van der Waals surface area contributed by atoms with E-state index >= 15 is 0 Å². The van der Waals surface area contributed by atoms with Gasteiger partial charge in [0.2, 0.25) is 0 Å². The molecule has 14 heavy (non-hydrogen) atoms. The molecule has 0 aliphatic heterocycles. The van der Waals surface area contributed by atoms with Gasteiger partial charge < -0.3 is 4.74 Å². The SMILES string of the molecule is COC1(C(=O)CCC(F)(F)F)CCC1. The third kappa shape index (κ3) is 2.47. The zero-order chi connectivity index (χ0) is 10.8. The predicted octanol–water partition coefficient (Wildman–Crippen LogP) is 2.47. The molecule has 0 aromatic rings. The summed E-state index contributed by atoms with van der Waals surface area (Å²) in [5.41, 5.74) is -0.898. The molecule has 0 unspecified atom stereocenters. The van der Waals surface area contributed by atoms with Crippen LogP contribution in [0.3, 0.4) is 0 Å². The van der Waals surface area contributed by atoms with Crippen molar-refractivity contribution in [3.05, 3.63) is 0 Å². The Morgan fingerprint density at radius 1 is 1.43 bits per heavy atom. The lowest BCUT2D eigenvalue weighted by molar-refractivity contribution is -0.161. The van der Waals surface area contributed by atoms with Crippen LogP contribution in [0.4, 0.5) is 13.2 Å². The molecule has 0 N–H and O–H groups in total. The quantitative estimate of drug-likeness (QED) is 0.712. The minimum atomic E-state index is -4.26. The molecule has 0 atom stereocenters. The van der Waals surface area contributed by atoms with Crippen molar-refractivity contribution in [3.63, 3.8) is 0 Å². The molecular weight excluding hydrogens is 197 g/mol. The maximum absolute atomic E-state index is 11.8. The lowest BCUT2D eigenvalue weighted by Gasteiger charge is -2.38. The largest absolute Gasteiger partial charge is 0.389 e. The minimum absolute atomic E-state index is 0.413. The van der Waals surface area contributed by atoms with Crippen LogP contribution < -0.4 is 0 Å². The maximum Gasteiger partial charge on any atom is 0.389 e. The molecule has 0 spiro atoms. The van der Waals surface area contributed by atoms with Crippen LogP contribution in [0, 0.1) is 0 Å². The molecule has 0 aromatic carbocycles. The average molecular weight is 210 g/mol. The number of alkyl halides is 3. The van der Waals surface area contributed by atoms with Crippen LogP contribution in [0.15, 0.2) is 0 Å². The van der Waals surface area contributed by atoms with Gasteiger partial charge in [-0.05, 0) is 19.3 Å². The molecule has 1 aliphatic carbocycles. The zero-order valence-corrected chi connectivity index (χ0v) is 7.99. The van der Waals surface area contributed by atoms with Crippen molar-refractivity contribution in [2.75, 3.05) is 7.11 Å². The van der Waals surface area contributed by atoms with Gasteiger partial charge in [-0.2, -0.15) is 13.2 Å². The van der Waals surface area contributed by atoms with Gasteiger partial charge >= 0.3 is 6.18 Å². The fourth-order valence-electron chi connectivity index (χ4n) is 1.58. The average Bonchev–Trinajstić information content (AvgIpc) is 1.98. The molecule has 0 amide bonds. The fourth-order valence-corrected chi connectivity index (χ4v) is 1.58. The molecule has 1 aliphatic rings. The van der Waals surface area contributed by atoms with Crippen LogP contribution >= 0.6 is 0 Å². The summed E-state index contributed by atoms with van der Waals surface area (Å²) in [6.45, 7) is 0. The van der Waals surface area contributed by atoms with Crippen LogP contribution in [-0.4, -0.2) is 24.7 Å². The highest BCUT2D eigenvalue weighted by Gasteiger charge is 2.44. The van der Waals surface area contributed by atoms with Gasteiger partial charge in [0.05, 0.1) is 6.42 Å². The van der Waals surface area contributed by atoms with Crippen LogP contribution in [0.25, 0.3) is 0 Å². The Hall–Kier alpha value is -0.580. The lowest BCUT2D eigenvalue weighted by atomic mass is 9.75. The third-order valence-electron chi connectivity index (χ3n) is 2.70. The maximum atomic E-state index is 11.8. The summed E-state index contributed by atoms with van der Waals surface area (Å²) in [5, 5.41) is 0. The fraction of sp³-hybridized carbons (Fsp3) is 0.889. The first-order chi connectivity index (χ1) is 6.40. The highest BCUT2D eigenvalue weighted by atomic mass is 19.4. The van der Waals surface area contributed by atoms with Gasteiger partial charge in [-0.3, -0.25) is 4.79 Å². The lowest BCUT2D eigenvalue weighted by Crippen LogP contribution is -2.47. The molecule has 0 bridgehead atoms. The van der Waals surface area contributed by atoms with E-state index in [9.17, 15) is 18.0 Å². The second-order valence-electron chi connectivity index (χ2n) is 3.59. The van der Waals surface area contributed by atoms with Gasteiger partial charge in [0, 0.05) is 13.5 Å². The minimum Gasteiger partial charge on any atom is -0.370 e. The molecule has 1 fully saturated rings. The van der Waals surface area contributed by atoms with Crippen molar-refractivity contribution in [1.82, 2.24) is 0 Å². The third-order valence-corrected chi connectivity index (χ3v) is 2.70. The van der Waals surface area contributed by atoms with Gasteiger partial charge in [0.1, 0.15) is 5.60 Å². The van der Waals surface area contributed by atoms with Crippen molar-refractivity contribution < 1.29 is 22.7 Å². The summed E-state index contributed by atoms with van der Waals surface area (Å²) < 4.78 is 40.5. The summed E-state index contributed by atoms with van der Waals surface area (Å²) in [4.78, 5) is 11.4. The molecule has 0 radical (unpaired) electrons. The van der Waals surface area contributed by atoms with Crippen molar-refractivity contribution in [2.45, 2.75) is 43.9 Å². The van der Waals surface area contributed by atoms with E-state index in [1.165, 1.54) is 7.11 Å². The van der Waals surface area contributed by atoms with Crippen LogP contribution in [0.2, 0.25) is 0 Å². The highest BCUT2D eigenvalue weighted by Crippen LogP contribution is 2.37. The zero-order valence-electron chi connectivity index (χ0n) is 7.99. The Morgan fingerprint density at radius 2 is 2.00 bits per heavy atom. The Morgan fingerprint density at radius 3 is 2.29 bits per heavy atom. The Labute approximate surface area is 80.4 Å². The molecule has 1 rings (SSSR count). The van der Waals surface area contributed by atoms with E-state index in [-0.39, 0.29) is 0 Å². The molecule has 1 saturated carbocycles. The van der Waals surface area contributed by atoms with E-state index in [4.69, 9.17) is 4.74 Å². The van der Waals surface area contributed by atoms with E-state index in [0.717, 1.165) is 6.42 Å². The molecule has 2 nitrogen and oxygen atoms in total. The summed E-state index contributed by atoms with van der Waals surface area (Å²) >= 11 is 0. The Bertz CT molecular complexity index is 213. The summed E-state index contributed by atoms with van der Waals surface area (Å²) in [5.74, 6) is -0.413. The van der Waals surface area contributed by atoms with Crippen molar-refractivity contribution in [2.24, 2.45) is 0 Å². The Kier molecular flexibility index (Phi) is 3.19. The van der Waals surface area contributed by atoms with Crippen LogP contribution in [-0.2, 0) is 9.53 Å². The number of Topliss-reactive ketones (excluding diaryl/α,β-unsaturated/α-hetero) is 1. The number of hydrogen-bond donors (Lipinski definition) is 0. The van der Waals surface area contributed by atoms with Crippen LogP contribution in [0.1, 0.15) is 32.1 Å². The van der Waals surface area contributed by atoms with Crippen LogP contribution in [0.5, 0.6) is 0 Å². The molecule has 0 heterocycles. The number of ether oxygens (including phenoxy) is 1. The molecule has 0 saturated heterocycles. The number of rotatable bonds is 4. The number of ketones is 1. The standard InChI is InChI=1S/C9H13F3O2/c1-14-8(4-2-5-8)7(13)3-6-9(10,11)12/h2-6H2,1H3. The number of carbonyl (C=O) groups is 1. The van der Waals surface area contributed by atoms with E-state index in [1.807, 2.05) is 0 Å². The molecule has 82 valence electrons. The van der Waals surface area contributed by atoms with Gasteiger partial charge in [-0.25, -0.2) is 0 Å². The molecule has 0 aromatic heterocycles. The first-order valence-electron chi connectivity index (χ1n) is 4.55. The first-order valence-corrected chi connectivity index (χ1v) is 4.55. The Balaban J connectivity index is 2.42. The second-order valence-corrected chi connectivity index (χ2v) is 3.59. The number of hydrogen-bond acceptors (Lipinski definition) is 2. The normalized spacial score (nSPS) is 20.3. The summed E-state index contributed by atoms with van der Waals surface area (Å²) in [6, 6.07) is 0. The van der Waals surface area contributed by atoms with E-state index in [0.29, 0.717) is 12.8 Å². The second kappa shape index (κ2) is 3.88. The molecule has 5 heteroatoms. The molecular formula is C9H13F3O2. The van der Waals surface area contributed by atoms with E-state index in [2.05, 4.69) is 0 Å². The number of methoxy groups -OCH3 is 1. The number of carbonyl (C=O) groups excluding carboxylic acids is 1. The first kappa shape index (κ1) is 11.5. The van der Waals surface area contributed by atoms with E-state index in [1.54, 1.807) is 0 Å². The predicted molar refractivity (Wildman–Crippen MR) is 43.9 cm³/mol. The van der Waals surface area contributed by atoms with Crippen molar-refractivity contribution >= 4 is 5.78 Å². The smallest absolute Gasteiger partial charge is 0.370 e. The summed E-state index contributed by atoms with van der Waals surface area (Å²) in [7, 11) is 1.38. The van der Waals surface area contributed by atoms with Gasteiger partial charge in [-0.1, -0.05) is 0 Å². The number of halogens is 3. The van der Waals surface area contributed by atoms with E-state index < -0.39 is 30.4 Å². The highest BCUT2D eigenvalue weighted by molar-refractivity contribution is 5.88. The monoisotopic (exact) mass is 210 g/mol. The topological polar surface area (TPSA) is 26.3 Å². The van der Waals surface area contributed by atoms with Gasteiger partial charge in [-0.15, -0.1) is 0 Å². The summed E-state index contributed by atoms with van der Waals surface area (Å²) in [6.07, 6.45) is -3.80. The van der Waals surface area contributed by atoms with Crippen molar-refractivity contribution in [3.8, 4) is 0 Å².